The van der Waals surface area contributed by atoms with E-state index in [4.69, 9.17) is 16.7 Å². The van der Waals surface area contributed by atoms with E-state index in [9.17, 15) is 9.59 Å². The minimum atomic E-state index is -0.861. The number of hydrogen-bond donors (Lipinski definition) is 2. The molecule has 1 aromatic heterocycles. The first kappa shape index (κ1) is 14.9. The molecule has 2 atom stereocenters. The molecule has 0 bridgehead atoms. The van der Waals surface area contributed by atoms with E-state index < -0.39 is 11.9 Å². The topological polar surface area (TPSA) is 69.6 Å². The van der Waals surface area contributed by atoms with Gasteiger partial charge in [-0.25, -0.2) is 4.79 Å². The van der Waals surface area contributed by atoms with Crippen LogP contribution in [0.5, 0.6) is 0 Å². The largest absolute Gasteiger partial charge is 0.481 e. The molecule has 2 N–H and O–H groups in total. The molecule has 20 heavy (non-hydrogen) atoms. The minimum Gasteiger partial charge on any atom is -0.481 e. The number of carbonyl (C=O) groups is 2. The van der Waals surface area contributed by atoms with E-state index in [1.165, 1.54) is 11.3 Å². The highest BCUT2D eigenvalue weighted by Gasteiger charge is 2.26. The minimum absolute atomic E-state index is 0.224. The first-order chi connectivity index (χ1) is 9.45. The molecular formula is C13H15ClN2O3S. The smallest absolute Gasteiger partial charge is 0.317 e. The molecule has 1 aromatic rings. The second kappa shape index (κ2) is 6.28. The SMILES string of the molecule is CN(Cc1ccc(Cl)s1)C(=O)NC1C=CC(C(=O)O)C1. The van der Waals surface area contributed by atoms with Gasteiger partial charge in [0.15, 0.2) is 0 Å². The van der Waals surface area contributed by atoms with Gasteiger partial charge in [0.1, 0.15) is 0 Å². The molecule has 1 heterocycles. The van der Waals surface area contributed by atoms with Crippen LogP contribution in [-0.2, 0) is 11.3 Å². The van der Waals surface area contributed by atoms with Crippen molar-refractivity contribution in [1.29, 1.82) is 0 Å². The lowest BCUT2D eigenvalue weighted by Crippen LogP contribution is -2.41. The number of carbonyl (C=O) groups excluding carboxylic acids is 1. The zero-order valence-electron chi connectivity index (χ0n) is 10.9. The van der Waals surface area contributed by atoms with Gasteiger partial charge in [0, 0.05) is 11.9 Å². The number of rotatable bonds is 4. The van der Waals surface area contributed by atoms with Gasteiger partial charge >= 0.3 is 12.0 Å². The van der Waals surface area contributed by atoms with Crippen LogP contribution in [0.25, 0.3) is 0 Å². The number of carboxylic acids is 1. The number of amides is 2. The predicted molar refractivity (Wildman–Crippen MR) is 78.0 cm³/mol. The van der Waals surface area contributed by atoms with Gasteiger partial charge in [0.05, 0.1) is 22.8 Å². The molecule has 2 rings (SSSR count). The summed E-state index contributed by atoms with van der Waals surface area (Å²) in [4.78, 5) is 25.4. The van der Waals surface area contributed by atoms with Gasteiger partial charge in [-0.3, -0.25) is 4.79 Å². The zero-order valence-corrected chi connectivity index (χ0v) is 12.4. The Labute approximate surface area is 125 Å². The Kier molecular flexibility index (Phi) is 4.67. The first-order valence-corrected chi connectivity index (χ1v) is 7.32. The van der Waals surface area contributed by atoms with Crippen molar-refractivity contribution in [2.75, 3.05) is 7.05 Å². The Bertz CT molecular complexity index is 543. The van der Waals surface area contributed by atoms with Gasteiger partial charge in [-0.05, 0) is 18.6 Å². The summed E-state index contributed by atoms with van der Waals surface area (Å²) >= 11 is 7.27. The Hall–Kier alpha value is -1.53. The van der Waals surface area contributed by atoms with E-state index in [-0.39, 0.29) is 12.1 Å². The number of thiophene rings is 1. The van der Waals surface area contributed by atoms with E-state index in [0.29, 0.717) is 17.3 Å². The Morgan fingerprint density at radius 2 is 2.25 bits per heavy atom. The molecule has 1 aliphatic rings. The van der Waals surface area contributed by atoms with Crippen LogP contribution in [0, 0.1) is 5.92 Å². The maximum absolute atomic E-state index is 12.0. The standard InChI is InChI=1S/C13H15ClN2O3S/c1-16(7-10-4-5-11(14)20-10)13(19)15-9-3-2-8(6-9)12(17)18/h2-5,8-9H,6-7H2,1H3,(H,15,19)(H,17,18). The van der Waals surface area contributed by atoms with E-state index in [2.05, 4.69) is 5.32 Å². The summed E-state index contributed by atoms with van der Waals surface area (Å²) in [6.07, 6.45) is 3.75. The molecule has 0 fully saturated rings. The molecule has 5 nitrogen and oxygen atoms in total. The number of urea groups is 1. The Morgan fingerprint density at radius 1 is 1.50 bits per heavy atom. The molecule has 108 valence electrons. The van der Waals surface area contributed by atoms with Gasteiger partial charge in [0.25, 0.3) is 0 Å². The maximum atomic E-state index is 12.0. The fraction of sp³-hybridized carbons (Fsp3) is 0.385. The van der Waals surface area contributed by atoms with E-state index in [1.54, 1.807) is 30.2 Å². The van der Waals surface area contributed by atoms with Gasteiger partial charge in [-0.15, -0.1) is 11.3 Å². The van der Waals surface area contributed by atoms with Crippen molar-refractivity contribution in [2.24, 2.45) is 5.92 Å². The van der Waals surface area contributed by atoms with Crippen molar-refractivity contribution in [2.45, 2.75) is 19.0 Å². The quantitative estimate of drug-likeness (QED) is 0.839. The van der Waals surface area contributed by atoms with Crippen LogP contribution in [0.4, 0.5) is 4.79 Å². The van der Waals surface area contributed by atoms with Crippen molar-refractivity contribution < 1.29 is 14.7 Å². The number of halogens is 1. The maximum Gasteiger partial charge on any atom is 0.317 e. The summed E-state index contributed by atoms with van der Waals surface area (Å²) in [5.74, 6) is -1.37. The fourth-order valence-electron chi connectivity index (χ4n) is 2.00. The highest BCUT2D eigenvalue weighted by Crippen LogP contribution is 2.22. The summed E-state index contributed by atoms with van der Waals surface area (Å²) < 4.78 is 0.692. The van der Waals surface area contributed by atoms with Crippen LogP contribution in [0.1, 0.15) is 11.3 Å². The number of nitrogens with one attached hydrogen (secondary N) is 1. The summed E-state index contributed by atoms with van der Waals surface area (Å²) in [6.45, 7) is 0.474. The van der Waals surface area contributed by atoms with Crippen LogP contribution in [-0.4, -0.2) is 35.1 Å². The third-order valence-corrected chi connectivity index (χ3v) is 4.29. The van der Waals surface area contributed by atoms with Crippen molar-refractivity contribution in [3.8, 4) is 0 Å². The van der Waals surface area contributed by atoms with Crippen LogP contribution in [0.2, 0.25) is 4.34 Å². The van der Waals surface area contributed by atoms with Crippen LogP contribution in [0.15, 0.2) is 24.3 Å². The second-order valence-corrected chi connectivity index (χ2v) is 6.48. The van der Waals surface area contributed by atoms with Crippen LogP contribution < -0.4 is 5.32 Å². The molecule has 2 amide bonds. The number of carboxylic acid groups (broad SMARTS) is 1. The molecule has 0 saturated carbocycles. The van der Waals surface area contributed by atoms with Crippen molar-refractivity contribution in [3.05, 3.63) is 33.5 Å². The van der Waals surface area contributed by atoms with Crippen molar-refractivity contribution >= 4 is 34.9 Å². The lowest BCUT2D eigenvalue weighted by molar-refractivity contribution is -0.140. The second-order valence-electron chi connectivity index (χ2n) is 4.68. The molecule has 0 aliphatic heterocycles. The van der Waals surface area contributed by atoms with Crippen molar-refractivity contribution in [3.63, 3.8) is 0 Å². The molecule has 0 spiro atoms. The fourth-order valence-corrected chi connectivity index (χ4v) is 3.14. The van der Waals surface area contributed by atoms with E-state index in [1.807, 2.05) is 6.07 Å². The third-order valence-electron chi connectivity index (χ3n) is 3.08. The van der Waals surface area contributed by atoms with Crippen LogP contribution >= 0.6 is 22.9 Å². The molecule has 1 aliphatic carbocycles. The molecular weight excluding hydrogens is 300 g/mol. The van der Waals surface area contributed by atoms with Gasteiger partial charge in [-0.2, -0.15) is 0 Å². The normalized spacial score (nSPS) is 20.9. The average Bonchev–Trinajstić information content (AvgIpc) is 2.98. The number of nitrogens with zero attached hydrogens (tertiary/aromatic N) is 1. The van der Waals surface area contributed by atoms with Crippen LogP contribution in [0.3, 0.4) is 0 Å². The number of aliphatic carboxylic acids is 1. The highest BCUT2D eigenvalue weighted by molar-refractivity contribution is 7.16. The lowest BCUT2D eigenvalue weighted by Gasteiger charge is -2.20. The summed E-state index contributed by atoms with van der Waals surface area (Å²) in [5, 5.41) is 11.7. The van der Waals surface area contributed by atoms with Gasteiger partial charge in [-0.1, -0.05) is 23.8 Å². The average molecular weight is 315 g/mol. The first-order valence-electron chi connectivity index (χ1n) is 6.12. The van der Waals surface area contributed by atoms with Crippen molar-refractivity contribution in [1.82, 2.24) is 10.2 Å². The molecule has 0 saturated heterocycles. The Morgan fingerprint density at radius 3 is 2.80 bits per heavy atom. The summed E-state index contributed by atoms with van der Waals surface area (Å²) in [7, 11) is 1.69. The predicted octanol–water partition coefficient (Wildman–Crippen LogP) is 2.57. The lowest BCUT2D eigenvalue weighted by atomic mass is 10.1. The molecule has 7 heteroatoms. The Balaban J connectivity index is 1.83. The molecule has 0 radical (unpaired) electrons. The summed E-state index contributed by atoms with van der Waals surface area (Å²) in [5.41, 5.74) is 0. The van der Waals surface area contributed by atoms with E-state index in [0.717, 1.165) is 4.88 Å². The highest BCUT2D eigenvalue weighted by atomic mass is 35.5. The van der Waals surface area contributed by atoms with Gasteiger partial charge in [0.2, 0.25) is 0 Å². The third kappa shape index (κ3) is 3.74. The number of hydrogen-bond acceptors (Lipinski definition) is 3. The molecule has 2 unspecified atom stereocenters. The van der Waals surface area contributed by atoms with E-state index >= 15 is 0 Å². The molecule has 0 aromatic carbocycles. The zero-order chi connectivity index (χ0) is 14.7. The summed E-state index contributed by atoms with van der Waals surface area (Å²) in [6, 6.07) is 3.23. The monoisotopic (exact) mass is 314 g/mol. The van der Waals surface area contributed by atoms with Gasteiger partial charge < -0.3 is 15.3 Å².